The summed E-state index contributed by atoms with van der Waals surface area (Å²) < 4.78 is 28.4. The molecule has 2 aromatic rings. The third-order valence-corrected chi connectivity index (χ3v) is 6.56. The van der Waals surface area contributed by atoms with Crippen LogP contribution in [0.4, 0.5) is 0 Å². The first-order chi connectivity index (χ1) is 13.0. The number of nitrogens with one attached hydrogen (secondary N) is 1. The number of nitrogens with zero attached hydrogens (tertiary/aromatic N) is 2. The number of rotatable bonds is 5. The first-order valence-corrected chi connectivity index (χ1v) is 11.1. The van der Waals surface area contributed by atoms with Gasteiger partial charge in [0.25, 0.3) is 0 Å². The largest absolute Gasteiger partial charge is 0.459 e. The summed E-state index contributed by atoms with van der Waals surface area (Å²) in [5, 5.41) is 19.5. The van der Waals surface area contributed by atoms with E-state index >= 15 is 0 Å². The normalized spacial score (nSPS) is 24.8. The third kappa shape index (κ3) is 4.04. The van der Waals surface area contributed by atoms with Gasteiger partial charge in [0.1, 0.15) is 11.3 Å². The van der Waals surface area contributed by atoms with Gasteiger partial charge in [-0.25, -0.2) is 13.6 Å². The monoisotopic (exact) mass is 424 g/mol. The van der Waals surface area contributed by atoms with E-state index in [9.17, 15) is 13.7 Å². The van der Waals surface area contributed by atoms with Crippen molar-refractivity contribution in [3.8, 4) is 6.07 Å². The molecule has 9 heteroatoms. The molecule has 3 N–H and O–H groups in total. The number of sulfonamides is 1. The second-order valence-electron chi connectivity index (χ2n) is 7.40. The molecule has 0 amide bonds. The number of benzene rings is 1. The minimum absolute atomic E-state index is 0. The van der Waals surface area contributed by atoms with Gasteiger partial charge in [-0.3, -0.25) is 4.90 Å². The fraction of sp³-hybridized carbons (Fsp3) is 0.526. The van der Waals surface area contributed by atoms with Crippen LogP contribution in [0.3, 0.4) is 0 Å². The van der Waals surface area contributed by atoms with Gasteiger partial charge in [0, 0.05) is 30.1 Å². The van der Waals surface area contributed by atoms with Crippen molar-refractivity contribution in [3.05, 3.63) is 35.6 Å². The first kappa shape index (κ1) is 21.1. The molecule has 2 aliphatic heterocycles. The number of nitrogens with two attached hydrogens (primary N) is 1. The number of furan rings is 1. The second kappa shape index (κ2) is 8.39. The lowest BCUT2D eigenvalue weighted by atomic mass is 9.80. The molecule has 2 aliphatic rings. The topological polar surface area (TPSA) is 112 Å². The van der Waals surface area contributed by atoms with E-state index in [-0.39, 0.29) is 36.2 Å². The van der Waals surface area contributed by atoms with Crippen LogP contribution in [0.15, 0.2) is 28.7 Å². The molecule has 1 unspecified atom stereocenters. The fourth-order valence-electron chi connectivity index (χ4n) is 4.47. The highest BCUT2D eigenvalue weighted by atomic mass is 35.5. The number of hydrogen-bond donors (Lipinski definition) is 2. The van der Waals surface area contributed by atoms with Crippen molar-refractivity contribution in [1.82, 2.24) is 10.2 Å². The van der Waals surface area contributed by atoms with Gasteiger partial charge in [0.15, 0.2) is 0 Å². The van der Waals surface area contributed by atoms with Crippen LogP contribution in [0.1, 0.15) is 30.2 Å². The highest BCUT2D eigenvalue weighted by Crippen LogP contribution is 2.44. The van der Waals surface area contributed by atoms with Crippen molar-refractivity contribution >= 4 is 33.4 Å². The first-order valence-electron chi connectivity index (χ1n) is 9.36. The number of nitriles is 1. The minimum atomic E-state index is -3.45. The van der Waals surface area contributed by atoms with Crippen LogP contribution >= 0.6 is 12.4 Å². The van der Waals surface area contributed by atoms with Gasteiger partial charge < -0.3 is 9.73 Å². The molecule has 0 bridgehead atoms. The van der Waals surface area contributed by atoms with Crippen molar-refractivity contribution in [2.75, 3.05) is 25.4 Å². The Morgan fingerprint density at radius 3 is 2.86 bits per heavy atom. The number of hydrogen-bond acceptors (Lipinski definition) is 6. The third-order valence-electron chi connectivity index (χ3n) is 5.70. The summed E-state index contributed by atoms with van der Waals surface area (Å²) in [6.07, 6.45) is 2.24. The lowest BCUT2D eigenvalue weighted by Gasteiger charge is -2.44. The van der Waals surface area contributed by atoms with E-state index in [1.54, 1.807) is 0 Å². The van der Waals surface area contributed by atoms with E-state index < -0.39 is 10.0 Å². The molecule has 0 aliphatic carbocycles. The van der Waals surface area contributed by atoms with E-state index in [1.165, 1.54) is 5.56 Å². The maximum atomic E-state index is 11.1. The van der Waals surface area contributed by atoms with Crippen LogP contribution in [-0.2, 0) is 16.4 Å². The second-order valence-corrected chi connectivity index (χ2v) is 9.13. The molecule has 1 aromatic carbocycles. The Bertz CT molecular complexity index is 985. The summed E-state index contributed by atoms with van der Waals surface area (Å²) in [6.45, 7) is 2.35. The summed E-state index contributed by atoms with van der Waals surface area (Å²) in [5.74, 6) is 0.630. The maximum absolute atomic E-state index is 11.1. The summed E-state index contributed by atoms with van der Waals surface area (Å²) in [5.41, 5.74) is 2.10. The summed E-state index contributed by atoms with van der Waals surface area (Å²) >= 11 is 0. The predicted octanol–water partition coefficient (Wildman–Crippen LogP) is 1.93. The van der Waals surface area contributed by atoms with Crippen LogP contribution in [0.5, 0.6) is 0 Å². The molecule has 1 saturated heterocycles. The molecule has 0 spiro atoms. The van der Waals surface area contributed by atoms with Gasteiger partial charge in [-0.05, 0) is 31.9 Å². The summed E-state index contributed by atoms with van der Waals surface area (Å²) in [7, 11) is -3.45. The summed E-state index contributed by atoms with van der Waals surface area (Å²) in [4.78, 5) is 2.35. The van der Waals surface area contributed by atoms with Crippen molar-refractivity contribution in [2.24, 2.45) is 11.1 Å². The van der Waals surface area contributed by atoms with Crippen LogP contribution in [0.2, 0.25) is 0 Å². The molecular weight excluding hydrogens is 400 g/mol. The van der Waals surface area contributed by atoms with E-state index in [4.69, 9.17) is 9.56 Å². The number of halogens is 1. The van der Waals surface area contributed by atoms with Crippen molar-refractivity contribution < 1.29 is 12.8 Å². The van der Waals surface area contributed by atoms with E-state index in [1.807, 2.05) is 18.2 Å². The zero-order chi connectivity index (χ0) is 19.0. The fourth-order valence-corrected chi connectivity index (χ4v) is 5.02. The van der Waals surface area contributed by atoms with Crippen molar-refractivity contribution in [2.45, 2.75) is 31.3 Å². The van der Waals surface area contributed by atoms with E-state index in [0.717, 1.165) is 42.7 Å². The maximum Gasteiger partial charge on any atom is 0.209 e. The summed E-state index contributed by atoms with van der Waals surface area (Å²) in [6, 6.07) is 10.5. The molecule has 7 nitrogen and oxygen atoms in total. The van der Waals surface area contributed by atoms with Crippen molar-refractivity contribution in [3.63, 3.8) is 0 Å². The molecule has 152 valence electrons. The Hall–Kier alpha value is -1.63. The smallest absolute Gasteiger partial charge is 0.209 e. The number of primary sulfonamides is 1. The Morgan fingerprint density at radius 2 is 2.11 bits per heavy atom. The van der Waals surface area contributed by atoms with Crippen molar-refractivity contribution in [1.29, 1.82) is 5.26 Å². The Balaban J connectivity index is 0.00000225. The molecule has 28 heavy (non-hydrogen) atoms. The van der Waals surface area contributed by atoms with Gasteiger partial charge in [0.2, 0.25) is 10.0 Å². The zero-order valence-electron chi connectivity index (χ0n) is 15.5. The Kier molecular flexibility index (Phi) is 6.32. The van der Waals surface area contributed by atoms with Crippen LogP contribution in [-0.4, -0.2) is 44.7 Å². The van der Waals surface area contributed by atoms with Crippen LogP contribution in [0.25, 0.3) is 11.0 Å². The molecule has 0 saturated carbocycles. The van der Waals surface area contributed by atoms with Gasteiger partial charge >= 0.3 is 0 Å². The van der Waals surface area contributed by atoms with E-state index in [2.05, 4.69) is 22.4 Å². The lowest BCUT2D eigenvalue weighted by molar-refractivity contribution is 0.0670. The Labute approximate surface area is 171 Å². The molecule has 4 rings (SSSR count). The highest BCUT2D eigenvalue weighted by molar-refractivity contribution is 7.89. The predicted molar refractivity (Wildman–Crippen MR) is 110 cm³/mol. The number of fused-ring (bicyclic) bond motifs is 5. The number of para-hydroxylation sites is 1. The van der Waals surface area contributed by atoms with Gasteiger partial charge in [-0.1, -0.05) is 18.2 Å². The van der Waals surface area contributed by atoms with Gasteiger partial charge in [-0.15, -0.1) is 12.4 Å². The average molecular weight is 425 g/mol. The molecule has 3 heterocycles. The lowest BCUT2D eigenvalue weighted by Crippen LogP contribution is -2.52. The van der Waals surface area contributed by atoms with Crippen LogP contribution in [0, 0.1) is 17.2 Å². The molecule has 3 atom stereocenters. The SMILES string of the molecule is Cl.N#CC1[C@H]2c3oc4ccccc4c3CCN2CC[C@H]1NCCCS(N)(=O)=O. The quantitative estimate of drug-likeness (QED) is 0.709. The highest BCUT2D eigenvalue weighted by Gasteiger charge is 2.44. The standard InChI is InChI=1S/C19H24N4O3S.ClH/c20-12-15-16(22-8-3-11-27(21,24)25)7-10-23-9-6-14-13-4-1-2-5-17(13)26-19(14)18(15)23;/h1-2,4-5,15-16,18,22H,3,6-11H2,(H2,21,24,25);1H/t15?,16-,18+;/m1./s1. The zero-order valence-corrected chi connectivity index (χ0v) is 17.1. The number of piperidine rings is 1. The molecule has 1 fully saturated rings. The minimum Gasteiger partial charge on any atom is -0.459 e. The van der Waals surface area contributed by atoms with Gasteiger partial charge in [-0.2, -0.15) is 5.26 Å². The van der Waals surface area contributed by atoms with Crippen LogP contribution < -0.4 is 10.5 Å². The molecular formula is C19H25ClN4O3S. The molecule has 1 aromatic heterocycles. The average Bonchev–Trinajstić information content (AvgIpc) is 3.03. The van der Waals surface area contributed by atoms with E-state index in [0.29, 0.717) is 13.0 Å². The molecule has 0 radical (unpaired) electrons. The van der Waals surface area contributed by atoms with Gasteiger partial charge in [0.05, 0.1) is 23.8 Å². The Morgan fingerprint density at radius 1 is 1.32 bits per heavy atom.